The van der Waals surface area contributed by atoms with Crippen LogP contribution < -0.4 is 5.32 Å². The summed E-state index contributed by atoms with van der Waals surface area (Å²) in [5.74, 6) is 1.90. The van der Waals surface area contributed by atoms with E-state index in [9.17, 15) is 4.79 Å². The van der Waals surface area contributed by atoms with Gasteiger partial charge in [-0.15, -0.1) is 5.10 Å². The van der Waals surface area contributed by atoms with Crippen molar-refractivity contribution in [3.05, 3.63) is 66.1 Å². The van der Waals surface area contributed by atoms with Crippen LogP contribution in [0, 0.1) is 6.92 Å². The predicted octanol–water partition coefficient (Wildman–Crippen LogP) is 4.64. The molecule has 1 N–H and O–H groups in total. The van der Waals surface area contributed by atoms with Gasteiger partial charge in [-0.3, -0.25) is 9.78 Å². The van der Waals surface area contributed by atoms with Crippen molar-refractivity contribution in [3.8, 4) is 11.4 Å². The van der Waals surface area contributed by atoms with Gasteiger partial charge in [-0.25, -0.2) is 4.98 Å². The lowest BCUT2D eigenvalue weighted by atomic mass is 9.94. The van der Waals surface area contributed by atoms with Gasteiger partial charge in [0.15, 0.2) is 5.82 Å². The average molecular weight is 442 g/mol. The summed E-state index contributed by atoms with van der Waals surface area (Å²) in [7, 11) is 1.92. The van der Waals surface area contributed by atoms with E-state index in [4.69, 9.17) is 0 Å². The molecular formula is C25H27N7O. The van der Waals surface area contributed by atoms with Gasteiger partial charge < -0.3 is 10.2 Å². The van der Waals surface area contributed by atoms with Gasteiger partial charge in [0.1, 0.15) is 5.82 Å². The highest BCUT2D eigenvalue weighted by Gasteiger charge is 2.23. The number of fused-ring (bicyclic) bond motifs is 1. The molecule has 0 unspecified atom stereocenters. The first kappa shape index (κ1) is 21.1. The van der Waals surface area contributed by atoms with Crippen LogP contribution in [-0.2, 0) is 0 Å². The number of hydrogen-bond donors (Lipinski definition) is 1. The third kappa shape index (κ3) is 4.41. The number of pyridine rings is 1. The van der Waals surface area contributed by atoms with E-state index in [0.717, 1.165) is 35.6 Å². The maximum atomic E-state index is 12.9. The molecule has 8 nitrogen and oxygen atoms in total. The van der Waals surface area contributed by atoms with E-state index in [0.29, 0.717) is 23.2 Å². The highest BCUT2D eigenvalue weighted by molar-refractivity contribution is 5.94. The van der Waals surface area contributed by atoms with Gasteiger partial charge in [0.2, 0.25) is 0 Å². The molecule has 4 aromatic rings. The van der Waals surface area contributed by atoms with E-state index in [1.807, 2.05) is 61.3 Å². The van der Waals surface area contributed by atoms with Crippen molar-refractivity contribution < 1.29 is 4.79 Å². The van der Waals surface area contributed by atoms with Crippen LogP contribution in [0.25, 0.3) is 17.2 Å². The zero-order valence-electron chi connectivity index (χ0n) is 18.9. The number of anilines is 2. The van der Waals surface area contributed by atoms with Crippen molar-refractivity contribution in [1.29, 1.82) is 0 Å². The van der Waals surface area contributed by atoms with Crippen molar-refractivity contribution in [2.24, 2.45) is 0 Å². The maximum absolute atomic E-state index is 12.9. The SMILES string of the molecule is Cc1cc(Nc2ccc(C(=O)N(C)C3CCCCC3)cc2)n2nc(-c3cccnc3)nc2n1. The van der Waals surface area contributed by atoms with E-state index in [2.05, 4.69) is 25.4 Å². The molecule has 0 spiro atoms. The molecule has 168 valence electrons. The summed E-state index contributed by atoms with van der Waals surface area (Å²) < 4.78 is 1.69. The van der Waals surface area contributed by atoms with Gasteiger partial charge in [0, 0.05) is 54.1 Å². The maximum Gasteiger partial charge on any atom is 0.254 e. The third-order valence-electron chi connectivity index (χ3n) is 6.21. The van der Waals surface area contributed by atoms with E-state index in [1.165, 1.54) is 19.3 Å². The zero-order valence-corrected chi connectivity index (χ0v) is 18.9. The van der Waals surface area contributed by atoms with Gasteiger partial charge >= 0.3 is 0 Å². The minimum Gasteiger partial charge on any atom is -0.340 e. The van der Waals surface area contributed by atoms with Crippen molar-refractivity contribution in [3.63, 3.8) is 0 Å². The molecule has 0 saturated heterocycles. The van der Waals surface area contributed by atoms with Crippen LogP contribution in [0.4, 0.5) is 11.5 Å². The minimum absolute atomic E-state index is 0.0768. The summed E-state index contributed by atoms with van der Waals surface area (Å²) in [5, 5.41) is 8.01. The second-order valence-corrected chi connectivity index (χ2v) is 8.58. The lowest BCUT2D eigenvalue weighted by Gasteiger charge is -2.31. The summed E-state index contributed by atoms with van der Waals surface area (Å²) in [6, 6.07) is 13.6. The molecule has 1 aromatic carbocycles. The van der Waals surface area contributed by atoms with Crippen LogP contribution >= 0.6 is 0 Å². The third-order valence-corrected chi connectivity index (χ3v) is 6.21. The molecule has 0 atom stereocenters. The summed E-state index contributed by atoms with van der Waals surface area (Å²) in [6.07, 6.45) is 9.32. The molecule has 8 heteroatoms. The number of amides is 1. The van der Waals surface area contributed by atoms with Crippen molar-refractivity contribution >= 4 is 23.2 Å². The molecule has 1 saturated carbocycles. The van der Waals surface area contributed by atoms with Gasteiger partial charge in [-0.2, -0.15) is 9.50 Å². The Balaban J connectivity index is 1.37. The van der Waals surface area contributed by atoms with Gasteiger partial charge in [-0.1, -0.05) is 19.3 Å². The van der Waals surface area contributed by atoms with Crippen molar-refractivity contribution in [1.82, 2.24) is 29.5 Å². The lowest BCUT2D eigenvalue weighted by molar-refractivity contribution is 0.0696. The average Bonchev–Trinajstić information content (AvgIpc) is 3.29. The monoisotopic (exact) mass is 441 g/mol. The fourth-order valence-electron chi connectivity index (χ4n) is 4.38. The number of carbonyl (C=O) groups is 1. The molecule has 3 aromatic heterocycles. The minimum atomic E-state index is 0.0768. The van der Waals surface area contributed by atoms with Gasteiger partial charge in [0.05, 0.1) is 0 Å². The van der Waals surface area contributed by atoms with E-state index >= 15 is 0 Å². The summed E-state index contributed by atoms with van der Waals surface area (Å²) in [6.45, 7) is 1.92. The molecule has 1 fully saturated rings. The zero-order chi connectivity index (χ0) is 22.8. The fraction of sp³-hybridized carbons (Fsp3) is 0.320. The quantitative estimate of drug-likeness (QED) is 0.485. The molecule has 1 aliphatic rings. The Labute approximate surface area is 192 Å². The molecule has 33 heavy (non-hydrogen) atoms. The first-order valence-corrected chi connectivity index (χ1v) is 11.4. The van der Waals surface area contributed by atoms with Crippen LogP contribution in [0.1, 0.15) is 48.2 Å². The highest BCUT2D eigenvalue weighted by Crippen LogP contribution is 2.24. The molecular weight excluding hydrogens is 414 g/mol. The standard InChI is InChI=1S/C25H27N7O/c1-17-15-22(32-25(27-17)29-23(30-32)19-7-6-14-26-16-19)28-20-12-10-18(11-13-20)24(33)31(2)21-8-4-3-5-9-21/h6-7,10-16,21,28H,3-5,8-9H2,1-2H3. The Bertz CT molecular complexity index is 1260. The fourth-order valence-corrected chi connectivity index (χ4v) is 4.38. The number of carbonyl (C=O) groups excluding carboxylic acids is 1. The number of nitrogens with one attached hydrogen (secondary N) is 1. The van der Waals surface area contributed by atoms with Crippen LogP contribution in [-0.4, -0.2) is 48.5 Å². The Morgan fingerprint density at radius 2 is 1.88 bits per heavy atom. The molecule has 0 aliphatic heterocycles. The first-order chi connectivity index (χ1) is 16.1. The summed E-state index contributed by atoms with van der Waals surface area (Å²) in [5.41, 5.74) is 3.22. The van der Waals surface area contributed by atoms with E-state index in [-0.39, 0.29) is 5.91 Å². The number of aryl methyl sites for hydroxylation is 1. The molecule has 0 bridgehead atoms. The highest BCUT2D eigenvalue weighted by atomic mass is 16.2. The number of rotatable bonds is 5. The lowest BCUT2D eigenvalue weighted by Crippen LogP contribution is -2.38. The predicted molar refractivity (Wildman–Crippen MR) is 127 cm³/mol. The number of aromatic nitrogens is 5. The van der Waals surface area contributed by atoms with Gasteiger partial charge in [0.25, 0.3) is 11.7 Å². The van der Waals surface area contributed by atoms with Crippen LogP contribution in [0.2, 0.25) is 0 Å². The number of benzene rings is 1. The van der Waals surface area contributed by atoms with Crippen molar-refractivity contribution in [2.75, 3.05) is 12.4 Å². The second kappa shape index (κ2) is 8.97. The topological polar surface area (TPSA) is 88.3 Å². The second-order valence-electron chi connectivity index (χ2n) is 8.58. The summed E-state index contributed by atoms with van der Waals surface area (Å²) in [4.78, 5) is 28.1. The summed E-state index contributed by atoms with van der Waals surface area (Å²) >= 11 is 0. The number of nitrogens with zero attached hydrogens (tertiary/aromatic N) is 6. The van der Waals surface area contributed by atoms with Crippen LogP contribution in [0.5, 0.6) is 0 Å². The molecule has 3 heterocycles. The molecule has 1 amide bonds. The van der Waals surface area contributed by atoms with Crippen LogP contribution in [0.3, 0.4) is 0 Å². The van der Waals surface area contributed by atoms with Gasteiger partial charge in [-0.05, 0) is 56.2 Å². The smallest absolute Gasteiger partial charge is 0.254 e. The van der Waals surface area contributed by atoms with E-state index in [1.54, 1.807) is 16.9 Å². The number of hydrogen-bond acceptors (Lipinski definition) is 6. The van der Waals surface area contributed by atoms with Crippen LogP contribution in [0.15, 0.2) is 54.9 Å². The Kier molecular flexibility index (Phi) is 5.73. The molecule has 1 aliphatic carbocycles. The van der Waals surface area contributed by atoms with Crippen molar-refractivity contribution in [2.45, 2.75) is 45.1 Å². The normalized spacial score (nSPS) is 14.4. The largest absolute Gasteiger partial charge is 0.340 e. The Morgan fingerprint density at radius 3 is 2.61 bits per heavy atom. The molecule has 5 rings (SSSR count). The first-order valence-electron chi connectivity index (χ1n) is 11.4. The van der Waals surface area contributed by atoms with E-state index < -0.39 is 0 Å². The molecule has 0 radical (unpaired) electrons. The Morgan fingerprint density at radius 1 is 1.09 bits per heavy atom. The Hall–Kier alpha value is -3.81.